The lowest BCUT2D eigenvalue weighted by Gasteiger charge is -2.08. The molecule has 0 aliphatic heterocycles. The first-order valence-corrected chi connectivity index (χ1v) is 10.1. The summed E-state index contributed by atoms with van der Waals surface area (Å²) >= 11 is 0. The van der Waals surface area contributed by atoms with Crippen LogP contribution in [0.2, 0.25) is 0 Å². The third kappa shape index (κ3) is 8.70. The van der Waals surface area contributed by atoms with Crippen LogP contribution in [-0.4, -0.2) is 17.9 Å². The van der Waals surface area contributed by atoms with E-state index in [9.17, 15) is 14.4 Å². The van der Waals surface area contributed by atoms with E-state index in [1.54, 1.807) is 36.4 Å². The molecular weight excluding hydrogens is 396 g/mol. The number of ether oxygens (including phenoxy) is 3. The van der Waals surface area contributed by atoms with Gasteiger partial charge in [-0.05, 0) is 74.2 Å². The normalized spacial score (nSPS) is 10.1. The van der Waals surface area contributed by atoms with Gasteiger partial charge in [-0.2, -0.15) is 0 Å². The van der Waals surface area contributed by atoms with Gasteiger partial charge in [0, 0.05) is 12.8 Å². The molecule has 2 aromatic rings. The summed E-state index contributed by atoms with van der Waals surface area (Å²) in [7, 11) is 0. The first kappa shape index (κ1) is 23.6. The molecule has 0 heterocycles. The molecule has 31 heavy (non-hydrogen) atoms. The Morgan fingerprint density at radius 3 is 1.45 bits per heavy atom. The van der Waals surface area contributed by atoms with Gasteiger partial charge in [0.25, 0.3) is 0 Å². The van der Waals surface area contributed by atoms with Crippen LogP contribution in [-0.2, 0) is 9.59 Å². The Labute approximate surface area is 182 Å². The van der Waals surface area contributed by atoms with E-state index < -0.39 is 5.97 Å². The molecular formula is C25H26O6. The highest BCUT2D eigenvalue weighted by Gasteiger charge is 2.11. The number of hydrogen-bond acceptors (Lipinski definition) is 6. The van der Waals surface area contributed by atoms with Crippen molar-refractivity contribution in [3.8, 4) is 17.2 Å². The van der Waals surface area contributed by atoms with Gasteiger partial charge < -0.3 is 14.2 Å². The second-order valence-electron chi connectivity index (χ2n) is 6.70. The Balaban J connectivity index is 1.84. The summed E-state index contributed by atoms with van der Waals surface area (Å²) in [4.78, 5) is 35.7. The van der Waals surface area contributed by atoms with Crippen LogP contribution in [0.25, 0.3) is 0 Å². The molecule has 162 valence electrons. The minimum Gasteiger partial charge on any atom is -0.427 e. The molecule has 0 saturated carbocycles. The third-order valence-electron chi connectivity index (χ3n) is 4.17. The molecule has 2 rings (SSSR count). The SMILES string of the molecule is C=CCCCC(=O)Oc1ccc(OC(=O)c2ccc(OC(=O)CCCC=C)cc2)cc1. The average Bonchev–Trinajstić information content (AvgIpc) is 2.76. The quantitative estimate of drug-likeness (QED) is 0.196. The molecule has 0 spiro atoms. The Kier molecular flexibility index (Phi) is 9.75. The fourth-order valence-corrected chi connectivity index (χ4v) is 2.55. The van der Waals surface area contributed by atoms with Gasteiger partial charge >= 0.3 is 17.9 Å². The van der Waals surface area contributed by atoms with Crippen LogP contribution < -0.4 is 14.2 Å². The Morgan fingerprint density at radius 1 is 0.645 bits per heavy atom. The molecule has 6 heteroatoms. The first-order chi connectivity index (χ1) is 15.0. The Hall–Kier alpha value is -3.67. The third-order valence-corrected chi connectivity index (χ3v) is 4.17. The van der Waals surface area contributed by atoms with E-state index in [0.29, 0.717) is 48.5 Å². The van der Waals surface area contributed by atoms with Crippen molar-refractivity contribution < 1.29 is 28.6 Å². The zero-order valence-corrected chi connectivity index (χ0v) is 17.4. The van der Waals surface area contributed by atoms with Gasteiger partial charge in [0.2, 0.25) is 0 Å². The van der Waals surface area contributed by atoms with Crippen LogP contribution in [0.4, 0.5) is 0 Å². The summed E-state index contributed by atoms with van der Waals surface area (Å²) in [6.07, 6.45) is 6.98. The van der Waals surface area contributed by atoms with Crippen molar-refractivity contribution in [2.75, 3.05) is 0 Å². The van der Waals surface area contributed by atoms with Crippen LogP contribution >= 0.6 is 0 Å². The lowest BCUT2D eigenvalue weighted by atomic mass is 10.2. The zero-order valence-electron chi connectivity index (χ0n) is 17.4. The number of allylic oxidation sites excluding steroid dienone is 2. The predicted molar refractivity (Wildman–Crippen MR) is 117 cm³/mol. The molecule has 0 unspecified atom stereocenters. The van der Waals surface area contributed by atoms with Crippen LogP contribution in [0.1, 0.15) is 48.9 Å². The summed E-state index contributed by atoms with van der Waals surface area (Å²) in [5.74, 6) is -0.166. The van der Waals surface area contributed by atoms with E-state index in [2.05, 4.69) is 13.2 Å². The number of hydrogen-bond donors (Lipinski definition) is 0. The number of carbonyl (C=O) groups is 3. The fourth-order valence-electron chi connectivity index (χ4n) is 2.55. The minimum atomic E-state index is -0.557. The Morgan fingerprint density at radius 2 is 1.03 bits per heavy atom. The van der Waals surface area contributed by atoms with Crippen molar-refractivity contribution in [1.82, 2.24) is 0 Å². The monoisotopic (exact) mass is 422 g/mol. The van der Waals surface area contributed by atoms with E-state index >= 15 is 0 Å². The standard InChI is InChI=1S/C25H26O6/c1-3-5-7-9-23(26)29-20-13-11-19(12-14-20)25(28)31-22-17-15-21(16-18-22)30-24(27)10-8-6-4-2/h3-4,11-18H,1-2,5-10H2. The molecule has 0 bridgehead atoms. The van der Waals surface area contributed by atoms with Crippen molar-refractivity contribution >= 4 is 17.9 Å². The number of benzene rings is 2. The van der Waals surface area contributed by atoms with E-state index in [0.717, 1.165) is 12.8 Å². The molecule has 0 atom stereocenters. The molecule has 0 aromatic heterocycles. The highest BCUT2D eigenvalue weighted by molar-refractivity contribution is 5.91. The summed E-state index contributed by atoms with van der Waals surface area (Å²) in [6.45, 7) is 7.22. The van der Waals surface area contributed by atoms with Crippen LogP contribution in [0.5, 0.6) is 17.2 Å². The lowest BCUT2D eigenvalue weighted by Crippen LogP contribution is -2.10. The fraction of sp³-hybridized carbons (Fsp3) is 0.240. The number of esters is 3. The summed E-state index contributed by atoms with van der Waals surface area (Å²) in [6, 6.07) is 12.3. The van der Waals surface area contributed by atoms with Gasteiger partial charge in [0.15, 0.2) is 0 Å². The minimum absolute atomic E-state index is 0.302. The van der Waals surface area contributed by atoms with E-state index in [1.165, 1.54) is 24.3 Å². The maximum absolute atomic E-state index is 12.3. The van der Waals surface area contributed by atoms with Crippen LogP contribution in [0.15, 0.2) is 73.8 Å². The van der Waals surface area contributed by atoms with Crippen molar-refractivity contribution in [2.24, 2.45) is 0 Å². The summed E-state index contributed by atoms with van der Waals surface area (Å²) in [5.41, 5.74) is 0.309. The average molecular weight is 422 g/mol. The molecule has 0 fully saturated rings. The molecule has 2 aromatic carbocycles. The maximum atomic E-state index is 12.3. The highest BCUT2D eigenvalue weighted by atomic mass is 16.5. The summed E-state index contributed by atoms with van der Waals surface area (Å²) in [5, 5.41) is 0. The maximum Gasteiger partial charge on any atom is 0.343 e. The zero-order chi connectivity index (χ0) is 22.5. The summed E-state index contributed by atoms with van der Waals surface area (Å²) < 4.78 is 15.8. The van der Waals surface area contributed by atoms with Crippen LogP contribution in [0.3, 0.4) is 0 Å². The first-order valence-electron chi connectivity index (χ1n) is 10.1. The molecule has 0 saturated heterocycles. The molecule has 0 N–H and O–H groups in total. The van der Waals surface area contributed by atoms with Gasteiger partial charge in [0.05, 0.1) is 5.56 Å². The number of carbonyl (C=O) groups excluding carboxylic acids is 3. The number of rotatable bonds is 12. The van der Waals surface area contributed by atoms with Crippen LogP contribution in [0, 0.1) is 0 Å². The van der Waals surface area contributed by atoms with E-state index in [4.69, 9.17) is 14.2 Å². The highest BCUT2D eigenvalue weighted by Crippen LogP contribution is 2.20. The second-order valence-corrected chi connectivity index (χ2v) is 6.70. The van der Waals surface area contributed by atoms with Crippen molar-refractivity contribution in [3.05, 3.63) is 79.4 Å². The van der Waals surface area contributed by atoms with Crippen molar-refractivity contribution in [2.45, 2.75) is 38.5 Å². The van der Waals surface area contributed by atoms with Gasteiger partial charge in [0.1, 0.15) is 17.2 Å². The molecule has 0 aliphatic rings. The number of unbranched alkanes of at least 4 members (excludes halogenated alkanes) is 2. The van der Waals surface area contributed by atoms with Gasteiger partial charge in [-0.1, -0.05) is 12.2 Å². The lowest BCUT2D eigenvalue weighted by molar-refractivity contribution is -0.135. The second kappa shape index (κ2) is 12.8. The van der Waals surface area contributed by atoms with Gasteiger partial charge in [-0.15, -0.1) is 13.2 Å². The van der Waals surface area contributed by atoms with Gasteiger partial charge in [-0.25, -0.2) is 4.79 Å². The molecule has 0 aliphatic carbocycles. The molecule has 0 radical (unpaired) electrons. The van der Waals surface area contributed by atoms with E-state index in [1.807, 2.05) is 0 Å². The topological polar surface area (TPSA) is 78.9 Å². The van der Waals surface area contributed by atoms with Crippen molar-refractivity contribution in [3.63, 3.8) is 0 Å². The largest absolute Gasteiger partial charge is 0.427 e. The smallest absolute Gasteiger partial charge is 0.343 e. The molecule has 6 nitrogen and oxygen atoms in total. The predicted octanol–water partition coefficient (Wildman–Crippen LogP) is 5.43. The van der Waals surface area contributed by atoms with Gasteiger partial charge in [-0.3, -0.25) is 9.59 Å². The van der Waals surface area contributed by atoms with E-state index in [-0.39, 0.29) is 11.9 Å². The Bertz CT molecular complexity index is 897. The van der Waals surface area contributed by atoms with Crippen molar-refractivity contribution in [1.29, 1.82) is 0 Å². The molecule has 0 amide bonds.